The monoisotopic (exact) mass is 348 g/mol. The van der Waals surface area contributed by atoms with Crippen LogP contribution < -0.4 is 4.72 Å². The summed E-state index contributed by atoms with van der Waals surface area (Å²) in [6.07, 6.45) is 0. The van der Waals surface area contributed by atoms with E-state index in [0.717, 1.165) is 5.56 Å². The molecule has 0 aliphatic rings. The van der Waals surface area contributed by atoms with Crippen molar-refractivity contribution in [2.75, 3.05) is 4.72 Å². The zero-order valence-corrected chi connectivity index (χ0v) is 14.8. The molecule has 2 rings (SSSR count). The van der Waals surface area contributed by atoms with Gasteiger partial charge in [0.2, 0.25) is 0 Å². The molecule has 2 aromatic rings. The Hall–Kier alpha value is -2.41. The second-order valence-corrected chi connectivity index (χ2v) is 8.32. The predicted molar refractivity (Wildman–Crippen MR) is 93.8 cm³/mol. The largest absolute Gasteiger partial charge is 0.279 e. The van der Waals surface area contributed by atoms with Crippen LogP contribution in [-0.4, -0.2) is 13.3 Å². The first-order valence-electron chi connectivity index (χ1n) is 7.39. The average molecular weight is 348 g/mol. The van der Waals surface area contributed by atoms with Crippen molar-refractivity contribution in [2.24, 2.45) is 0 Å². The van der Waals surface area contributed by atoms with Crippen LogP contribution in [0.5, 0.6) is 0 Å². The van der Waals surface area contributed by atoms with Crippen LogP contribution in [0.25, 0.3) is 0 Å². The Labute approximate surface area is 141 Å². The Kier molecular flexibility index (Phi) is 4.66. The van der Waals surface area contributed by atoms with Gasteiger partial charge in [0.05, 0.1) is 15.5 Å². The number of benzene rings is 2. The van der Waals surface area contributed by atoms with E-state index in [-0.39, 0.29) is 21.7 Å². The van der Waals surface area contributed by atoms with Crippen molar-refractivity contribution in [2.45, 2.75) is 38.0 Å². The lowest BCUT2D eigenvalue weighted by Gasteiger charge is -2.19. The smallest absolute Gasteiger partial charge is 0.274 e. The molecule has 128 valence electrons. The topological polar surface area (TPSA) is 89.3 Å². The van der Waals surface area contributed by atoms with Crippen molar-refractivity contribution in [1.29, 1.82) is 0 Å². The first-order valence-corrected chi connectivity index (χ1v) is 8.87. The van der Waals surface area contributed by atoms with Gasteiger partial charge in [0.25, 0.3) is 15.7 Å². The van der Waals surface area contributed by atoms with Gasteiger partial charge in [0.15, 0.2) is 0 Å². The summed E-state index contributed by atoms with van der Waals surface area (Å²) >= 11 is 0. The molecule has 0 aliphatic heterocycles. The van der Waals surface area contributed by atoms with E-state index < -0.39 is 14.9 Å². The maximum absolute atomic E-state index is 12.4. The van der Waals surface area contributed by atoms with E-state index in [4.69, 9.17) is 0 Å². The van der Waals surface area contributed by atoms with Gasteiger partial charge in [-0.1, -0.05) is 39.0 Å². The summed E-state index contributed by atoms with van der Waals surface area (Å²) < 4.78 is 27.3. The van der Waals surface area contributed by atoms with Gasteiger partial charge in [0, 0.05) is 11.6 Å². The third-order valence-corrected chi connectivity index (χ3v) is 5.09. The summed E-state index contributed by atoms with van der Waals surface area (Å²) in [5, 5.41) is 11.0. The van der Waals surface area contributed by atoms with E-state index in [9.17, 15) is 18.5 Å². The molecular weight excluding hydrogens is 328 g/mol. The van der Waals surface area contributed by atoms with Crippen molar-refractivity contribution in [3.8, 4) is 0 Å². The highest BCUT2D eigenvalue weighted by molar-refractivity contribution is 7.92. The van der Waals surface area contributed by atoms with Crippen molar-refractivity contribution < 1.29 is 13.3 Å². The highest BCUT2D eigenvalue weighted by atomic mass is 32.2. The zero-order chi connectivity index (χ0) is 18.1. The molecule has 6 nitrogen and oxygen atoms in total. The molecule has 0 bridgehead atoms. The molecule has 0 saturated heterocycles. The molecule has 0 heterocycles. The maximum Gasteiger partial charge on any atom is 0.274 e. The van der Waals surface area contributed by atoms with Crippen LogP contribution in [0.15, 0.2) is 47.4 Å². The second kappa shape index (κ2) is 6.24. The second-order valence-electron chi connectivity index (χ2n) is 6.64. The molecule has 1 N–H and O–H groups in total. The first-order chi connectivity index (χ1) is 11.0. The summed E-state index contributed by atoms with van der Waals surface area (Å²) in [5.74, 6) is 0. The van der Waals surface area contributed by atoms with Crippen LogP contribution in [0.3, 0.4) is 0 Å². The molecule has 0 spiro atoms. The number of nitro benzene ring substituents is 1. The quantitative estimate of drug-likeness (QED) is 0.668. The number of nitrogens with zero attached hydrogens (tertiary/aromatic N) is 1. The maximum atomic E-state index is 12.4. The van der Waals surface area contributed by atoms with E-state index in [1.165, 1.54) is 30.3 Å². The molecule has 0 unspecified atom stereocenters. The Morgan fingerprint density at radius 2 is 1.62 bits per heavy atom. The number of rotatable bonds is 4. The molecule has 0 saturated carbocycles. The minimum atomic E-state index is -3.80. The van der Waals surface area contributed by atoms with Crippen molar-refractivity contribution in [1.82, 2.24) is 0 Å². The molecule has 0 fully saturated rings. The number of anilines is 1. The summed E-state index contributed by atoms with van der Waals surface area (Å²) in [5.41, 5.74) is 1.45. The number of nitro groups is 1. The fourth-order valence-electron chi connectivity index (χ4n) is 2.22. The number of hydrogen-bond acceptors (Lipinski definition) is 4. The molecular formula is C17H20N2O4S. The molecule has 0 atom stereocenters. The van der Waals surface area contributed by atoms with Crippen LogP contribution in [-0.2, 0) is 15.4 Å². The number of nitrogens with one attached hydrogen (secondary N) is 1. The number of aryl methyl sites for hydroxylation is 1. The van der Waals surface area contributed by atoms with Gasteiger partial charge < -0.3 is 0 Å². The van der Waals surface area contributed by atoms with Crippen LogP contribution in [0, 0.1) is 17.0 Å². The van der Waals surface area contributed by atoms with Gasteiger partial charge in [-0.25, -0.2) is 8.42 Å². The summed E-state index contributed by atoms with van der Waals surface area (Å²) in [6.45, 7) is 7.72. The van der Waals surface area contributed by atoms with E-state index in [1.807, 2.05) is 20.8 Å². The number of sulfonamides is 1. The minimum Gasteiger partial charge on any atom is -0.279 e. The molecule has 0 aliphatic carbocycles. The third kappa shape index (κ3) is 3.91. The fraction of sp³-hybridized carbons (Fsp3) is 0.294. The van der Waals surface area contributed by atoms with Gasteiger partial charge in [-0.2, -0.15) is 0 Å². The third-order valence-electron chi connectivity index (χ3n) is 3.69. The zero-order valence-electron chi connectivity index (χ0n) is 14.0. The van der Waals surface area contributed by atoms with Gasteiger partial charge in [0.1, 0.15) is 0 Å². The van der Waals surface area contributed by atoms with Gasteiger partial charge in [-0.05, 0) is 36.1 Å². The van der Waals surface area contributed by atoms with Crippen LogP contribution in [0.1, 0.15) is 31.9 Å². The van der Waals surface area contributed by atoms with Crippen molar-refractivity contribution in [3.63, 3.8) is 0 Å². The lowest BCUT2D eigenvalue weighted by molar-refractivity contribution is -0.385. The molecule has 2 aromatic carbocycles. The van der Waals surface area contributed by atoms with Gasteiger partial charge >= 0.3 is 0 Å². The predicted octanol–water partition coefficient (Wildman–Crippen LogP) is 4.00. The Morgan fingerprint density at radius 1 is 1.04 bits per heavy atom. The Balaban J connectivity index is 2.32. The summed E-state index contributed by atoms with van der Waals surface area (Å²) in [6, 6.07) is 10.8. The lowest BCUT2D eigenvalue weighted by Crippen LogP contribution is -2.15. The SMILES string of the molecule is Cc1ccc(NS(=O)(=O)c2ccc(C(C)(C)C)cc2)cc1[N+](=O)[O-]. The molecule has 0 amide bonds. The van der Waals surface area contributed by atoms with E-state index in [0.29, 0.717) is 5.56 Å². The van der Waals surface area contributed by atoms with E-state index in [1.54, 1.807) is 19.1 Å². The Morgan fingerprint density at radius 3 is 2.12 bits per heavy atom. The van der Waals surface area contributed by atoms with Crippen molar-refractivity contribution in [3.05, 3.63) is 63.7 Å². The van der Waals surface area contributed by atoms with Crippen LogP contribution >= 0.6 is 0 Å². The van der Waals surface area contributed by atoms with Crippen LogP contribution in [0.2, 0.25) is 0 Å². The minimum absolute atomic E-state index is 0.0761. The summed E-state index contributed by atoms with van der Waals surface area (Å²) in [7, 11) is -3.80. The molecule has 7 heteroatoms. The van der Waals surface area contributed by atoms with Gasteiger partial charge in [-0.15, -0.1) is 0 Å². The van der Waals surface area contributed by atoms with E-state index in [2.05, 4.69) is 4.72 Å². The standard InChI is InChI=1S/C17H20N2O4S/c1-12-5-8-14(11-16(12)19(20)21)18-24(22,23)15-9-6-13(7-10-15)17(2,3)4/h5-11,18H,1-4H3. The highest BCUT2D eigenvalue weighted by Crippen LogP contribution is 2.26. The summed E-state index contributed by atoms with van der Waals surface area (Å²) in [4.78, 5) is 10.5. The van der Waals surface area contributed by atoms with Crippen LogP contribution in [0.4, 0.5) is 11.4 Å². The lowest BCUT2D eigenvalue weighted by atomic mass is 9.87. The molecule has 0 radical (unpaired) electrons. The average Bonchev–Trinajstić information content (AvgIpc) is 2.48. The normalized spacial score (nSPS) is 12.0. The van der Waals surface area contributed by atoms with Crippen molar-refractivity contribution >= 4 is 21.4 Å². The van der Waals surface area contributed by atoms with Gasteiger partial charge in [-0.3, -0.25) is 14.8 Å². The fourth-order valence-corrected chi connectivity index (χ4v) is 3.27. The Bertz CT molecular complexity index is 866. The highest BCUT2D eigenvalue weighted by Gasteiger charge is 2.19. The first kappa shape index (κ1) is 17.9. The van der Waals surface area contributed by atoms with E-state index >= 15 is 0 Å². The molecule has 24 heavy (non-hydrogen) atoms. The number of hydrogen-bond donors (Lipinski definition) is 1. The molecule has 0 aromatic heterocycles.